The highest BCUT2D eigenvalue weighted by Crippen LogP contribution is 2.29. The van der Waals surface area contributed by atoms with Crippen molar-refractivity contribution in [3.63, 3.8) is 0 Å². The molecule has 0 radical (unpaired) electrons. The van der Waals surface area contributed by atoms with Crippen LogP contribution in [0.5, 0.6) is 0 Å². The Bertz CT molecular complexity index is 1550. The quantitative estimate of drug-likeness (QED) is 0.213. The van der Waals surface area contributed by atoms with Gasteiger partial charge in [-0.25, -0.2) is 19.9 Å². The van der Waals surface area contributed by atoms with Crippen LogP contribution in [0.25, 0.3) is 51.0 Å². The first-order valence-electron chi connectivity index (χ1n) is 12.9. The Morgan fingerprint density at radius 3 is 1.76 bits per heavy atom. The highest BCUT2D eigenvalue weighted by Gasteiger charge is 2.13. The van der Waals surface area contributed by atoms with E-state index in [0.717, 1.165) is 45.6 Å². The minimum Gasteiger partial charge on any atom is -0.248 e. The van der Waals surface area contributed by atoms with E-state index in [4.69, 9.17) is 19.9 Å². The van der Waals surface area contributed by atoms with Crippen molar-refractivity contribution >= 4 is 5.57 Å². The molecule has 0 saturated carbocycles. The number of rotatable bonds is 7. The molecular formula is C34H30N4. The van der Waals surface area contributed by atoms with Crippen molar-refractivity contribution in [2.24, 2.45) is 0 Å². The summed E-state index contributed by atoms with van der Waals surface area (Å²) < 4.78 is 0. The van der Waals surface area contributed by atoms with E-state index in [1.807, 2.05) is 79.7 Å². The van der Waals surface area contributed by atoms with Gasteiger partial charge in [0.25, 0.3) is 0 Å². The number of nitrogens with zero attached hydrogens (tertiary/aromatic N) is 4. The molecule has 2 aromatic heterocycles. The summed E-state index contributed by atoms with van der Waals surface area (Å²) in [5.74, 6) is 1.93. The summed E-state index contributed by atoms with van der Waals surface area (Å²) in [5, 5.41) is 0. The summed E-state index contributed by atoms with van der Waals surface area (Å²) in [6, 6.07) is 32.6. The molecule has 0 aliphatic heterocycles. The number of allylic oxidation sites excluding steroid dienone is 4. The zero-order valence-electron chi connectivity index (χ0n) is 22.0. The van der Waals surface area contributed by atoms with Gasteiger partial charge in [0.15, 0.2) is 17.5 Å². The van der Waals surface area contributed by atoms with Crippen LogP contribution in [0.4, 0.5) is 0 Å². The summed E-state index contributed by atoms with van der Waals surface area (Å²) in [4.78, 5) is 19.6. The predicted octanol–water partition coefficient (Wildman–Crippen LogP) is 8.61. The van der Waals surface area contributed by atoms with Gasteiger partial charge in [0, 0.05) is 22.3 Å². The number of aryl methyl sites for hydroxylation is 1. The predicted molar refractivity (Wildman–Crippen MR) is 157 cm³/mol. The number of benzene rings is 3. The molecule has 0 aliphatic carbocycles. The third-order valence-corrected chi connectivity index (χ3v) is 6.15. The molecule has 5 aromatic rings. The summed E-state index contributed by atoms with van der Waals surface area (Å²) in [5.41, 5.74) is 8.04. The van der Waals surface area contributed by atoms with Gasteiger partial charge in [0.2, 0.25) is 0 Å². The van der Waals surface area contributed by atoms with Gasteiger partial charge in [-0.3, -0.25) is 0 Å². The first kappa shape index (κ1) is 25.0. The first-order chi connectivity index (χ1) is 18.6. The van der Waals surface area contributed by atoms with Gasteiger partial charge < -0.3 is 0 Å². The highest BCUT2D eigenvalue weighted by atomic mass is 15.0. The van der Waals surface area contributed by atoms with Crippen molar-refractivity contribution < 1.29 is 0 Å². The molecule has 0 bridgehead atoms. The summed E-state index contributed by atoms with van der Waals surface area (Å²) in [7, 11) is 0. The number of hydrogen-bond donors (Lipinski definition) is 0. The largest absolute Gasteiger partial charge is 0.248 e. The van der Waals surface area contributed by atoms with Crippen LogP contribution in [0, 0.1) is 6.92 Å². The van der Waals surface area contributed by atoms with Crippen LogP contribution >= 0.6 is 0 Å². The highest BCUT2D eigenvalue weighted by molar-refractivity contribution is 5.76. The van der Waals surface area contributed by atoms with Crippen LogP contribution < -0.4 is 0 Å². The van der Waals surface area contributed by atoms with Gasteiger partial charge in [-0.2, -0.15) is 0 Å². The van der Waals surface area contributed by atoms with E-state index in [0.29, 0.717) is 17.5 Å². The Kier molecular flexibility index (Phi) is 7.60. The van der Waals surface area contributed by atoms with E-state index in [1.54, 1.807) is 0 Å². The number of aromatic nitrogens is 4. The van der Waals surface area contributed by atoms with E-state index in [1.165, 1.54) is 5.56 Å². The van der Waals surface area contributed by atoms with E-state index in [9.17, 15) is 0 Å². The normalized spacial score (nSPS) is 11.7. The second kappa shape index (κ2) is 11.6. The molecule has 0 aliphatic rings. The molecule has 0 spiro atoms. The van der Waals surface area contributed by atoms with Crippen LogP contribution in [0.1, 0.15) is 31.5 Å². The zero-order valence-corrected chi connectivity index (χ0v) is 22.0. The first-order valence-corrected chi connectivity index (χ1v) is 12.9. The van der Waals surface area contributed by atoms with E-state index in [2.05, 4.69) is 56.3 Å². The molecule has 0 saturated heterocycles. The second-order valence-electron chi connectivity index (χ2n) is 9.10. The van der Waals surface area contributed by atoms with E-state index in [-0.39, 0.29) is 0 Å². The Hall–Kier alpha value is -4.70. The van der Waals surface area contributed by atoms with Crippen molar-refractivity contribution in [3.8, 4) is 45.4 Å². The Morgan fingerprint density at radius 2 is 1.18 bits per heavy atom. The van der Waals surface area contributed by atoms with Crippen LogP contribution in [0.15, 0.2) is 115 Å². The molecule has 2 heterocycles. The molecule has 0 N–H and O–H groups in total. The Labute approximate surface area is 224 Å². The van der Waals surface area contributed by atoms with Gasteiger partial charge in [-0.15, -0.1) is 0 Å². The fourth-order valence-electron chi connectivity index (χ4n) is 4.38. The third kappa shape index (κ3) is 5.65. The monoisotopic (exact) mass is 494 g/mol. The topological polar surface area (TPSA) is 51.6 Å². The molecule has 0 amide bonds. The summed E-state index contributed by atoms with van der Waals surface area (Å²) >= 11 is 0. The fraction of sp³-hybridized carbons (Fsp3) is 0.118. The lowest BCUT2D eigenvalue weighted by Crippen LogP contribution is -2.00. The second-order valence-corrected chi connectivity index (χ2v) is 9.10. The number of hydrogen-bond acceptors (Lipinski definition) is 4. The minimum absolute atomic E-state index is 0.632. The molecule has 0 atom stereocenters. The SMILES string of the molecule is C/C=C\C(=C/CC)c1cc(C)cc(-c2cccc(-c3nc(-c4ccccc4)nc(-c4ccccc4)n3)c2)n1. The van der Waals surface area contributed by atoms with Gasteiger partial charge in [0.1, 0.15) is 0 Å². The maximum Gasteiger partial charge on any atom is 0.164 e. The molecule has 4 heteroatoms. The fourth-order valence-corrected chi connectivity index (χ4v) is 4.38. The molecule has 38 heavy (non-hydrogen) atoms. The molecule has 4 nitrogen and oxygen atoms in total. The van der Waals surface area contributed by atoms with Crippen LogP contribution in [0.2, 0.25) is 0 Å². The molecule has 3 aromatic carbocycles. The van der Waals surface area contributed by atoms with Crippen molar-refractivity contribution in [2.45, 2.75) is 27.2 Å². The van der Waals surface area contributed by atoms with Crippen molar-refractivity contribution in [1.29, 1.82) is 0 Å². The average Bonchev–Trinajstić information content (AvgIpc) is 2.97. The minimum atomic E-state index is 0.632. The van der Waals surface area contributed by atoms with Gasteiger partial charge in [0.05, 0.1) is 11.4 Å². The van der Waals surface area contributed by atoms with Gasteiger partial charge in [-0.1, -0.05) is 104 Å². The maximum absolute atomic E-state index is 5.03. The summed E-state index contributed by atoms with van der Waals surface area (Å²) in [6.07, 6.45) is 7.34. The Morgan fingerprint density at radius 1 is 0.632 bits per heavy atom. The van der Waals surface area contributed by atoms with Crippen molar-refractivity contribution in [2.75, 3.05) is 0 Å². The van der Waals surface area contributed by atoms with Crippen molar-refractivity contribution in [3.05, 3.63) is 127 Å². The maximum atomic E-state index is 5.03. The smallest absolute Gasteiger partial charge is 0.164 e. The number of pyridine rings is 1. The summed E-state index contributed by atoms with van der Waals surface area (Å²) in [6.45, 7) is 6.29. The van der Waals surface area contributed by atoms with Gasteiger partial charge >= 0.3 is 0 Å². The van der Waals surface area contributed by atoms with E-state index >= 15 is 0 Å². The van der Waals surface area contributed by atoms with Crippen LogP contribution in [-0.2, 0) is 0 Å². The standard InChI is InChI=1S/C34H30N4/c1-4-13-25(14-5-2)30-21-24(3)22-31(35-30)28-19-12-20-29(23-28)34-37-32(26-15-8-6-9-16-26)36-33(38-34)27-17-10-7-11-18-27/h4,6-23H,5H2,1-3H3/b13-4-,25-14+. The molecule has 5 rings (SSSR count). The lowest BCUT2D eigenvalue weighted by molar-refractivity contribution is 1.07. The zero-order chi connectivity index (χ0) is 26.3. The Balaban J connectivity index is 1.62. The van der Waals surface area contributed by atoms with E-state index < -0.39 is 0 Å². The van der Waals surface area contributed by atoms with Gasteiger partial charge in [-0.05, 0) is 49.6 Å². The molecule has 186 valence electrons. The molecule has 0 fully saturated rings. The lowest BCUT2D eigenvalue weighted by atomic mass is 10.0. The third-order valence-electron chi connectivity index (χ3n) is 6.15. The average molecular weight is 495 g/mol. The van der Waals surface area contributed by atoms with Crippen LogP contribution in [-0.4, -0.2) is 19.9 Å². The lowest BCUT2D eigenvalue weighted by Gasteiger charge is -2.11. The molecular weight excluding hydrogens is 464 g/mol. The molecule has 0 unspecified atom stereocenters. The van der Waals surface area contributed by atoms with Crippen LogP contribution in [0.3, 0.4) is 0 Å². The van der Waals surface area contributed by atoms with Crippen molar-refractivity contribution in [1.82, 2.24) is 19.9 Å².